The van der Waals surface area contributed by atoms with Gasteiger partial charge >= 0.3 is 0 Å². The van der Waals surface area contributed by atoms with Crippen LogP contribution in [0.25, 0.3) is 0 Å². The summed E-state index contributed by atoms with van der Waals surface area (Å²) in [5, 5.41) is 1.06. The summed E-state index contributed by atoms with van der Waals surface area (Å²) in [7, 11) is 0. The van der Waals surface area contributed by atoms with Gasteiger partial charge in [0.2, 0.25) is 0 Å². The van der Waals surface area contributed by atoms with Gasteiger partial charge in [0.15, 0.2) is 0 Å². The molecule has 18 heavy (non-hydrogen) atoms. The Hall–Kier alpha value is -1.13. The second kappa shape index (κ2) is 6.16. The highest BCUT2D eigenvalue weighted by molar-refractivity contribution is 6.42. The Morgan fingerprint density at radius 1 is 1.17 bits per heavy atom. The van der Waals surface area contributed by atoms with Crippen LogP contribution in [-0.4, -0.2) is 4.98 Å². The van der Waals surface area contributed by atoms with Gasteiger partial charge in [-0.2, -0.15) is 0 Å². The topological polar surface area (TPSA) is 50.9 Å². The molecule has 3 N–H and O–H groups in total. The predicted octanol–water partition coefficient (Wildman–Crippen LogP) is 3.14. The number of nitrogens with one attached hydrogen (secondary N) is 1. The van der Waals surface area contributed by atoms with Gasteiger partial charge in [-0.1, -0.05) is 35.3 Å². The first-order valence-corrected chi connectivity index (χ1v) is 6.27. The van der Waals surface area contributed by atoms with Gasteiger partial charge in [0.05, 0.1) is 16.1 Å². The van der Waals surface area contributed by atoms with E-state index in [2.05, 4.69) is 10.4 Å². The van der Waals surface area contributed by atoms with Crippen LogP contribution in [0.4, 0.5) is 0 Å². The third-order valence-electron chi connectivity index (χ3n) is 2.69. The van der Waals surface area contributed by atoms with Gasteiger partial charge < -0.3 is 0 Å². The first-order valence-electron chi connectivity index (χ1n) is 5.51. The molecular formula is C13H13Cl2N3. The van der Waals surface area contributed by atoms with E-state index >= 15 is 0 Å². The molecule has 0 aliphatic heterocycles. The second-order valence-electron chi connectivity index (χ2n) is 3.92. The largest absolute Gasteiger partial charge is 0.271 e. The Kier molecular flexibility index (Phi) is 4.55. The van der Waals surface area contributed by atoms with Crippen LogP contribution in [0.5, 0.6) is 0 Å². The summed E-state index contributed by atoms with van der Waals surface area (Å²) in [5.41, 5.74) is 4.72. The zero-order valence-corrected chi connectivity index (χ0v) is 11.1. The van der Waals surface area contributed by atoms with E-state index in [1.165, 1.54) is 0 Å². The van der Waals surface area contributed by atoms with Crippen molar-refractivity contribution in [1.29, 1.82) is 0 Å². The number of halogens is 2. The molecule has 0 aliphatic rings. The Balaban J connectivity index is 2.20. The molecule has 0 radical (unpaired) electrons. The standard InChI is InChI=1S/C13H13Cl2N3/c14-11-5-4-9(7-12(11)15)13(18-16)8-10-3-1-2-6-17-10/h1-7,13,18H,8,16H2. The van der Waals surface area contributed by atoms with Crippen molar-refractivity contribution in [2.24, 2.45) is 5.84 Å². The monoisotopic (exact) mass is 281 g/mol. The summed E-state index contributed by atoms with van der Waals surface area (Å²) in [6, 6.07) is 11.2. The van der Waals surface area contributed by atoms with Crippen LogP contribution in [0.2, 0.25) is 10.0 Å². The summed E-state index contributed by atoms with van der Waals surface area (Å²) in [5.74, 6) is 5.59. The fraction of sp³-hybridized carbons (Fsp3) is 0.154. The number of aromatic nitrogens is 1. The van der Waals surface area contributed by atoms with Gasteiger partial charge in [0.1, 0.15) is 0 Å². The predicted molar refractivity (Wildman–Crippen MR) is 74.5 cm³/mol. The second-order valence-corrected chi connectivity index (χ2v) is 4.73. The Morgan fingerprint density at radius 3 is 2.61 bits per heavy atom. The van der Waals surface area contributed by atoms with Crippen LogP contribution in [0.15, 0.2) is 42.6 Å². The van der Waals surface area contributed by atoms with Gasteiger partial charge in [0, 0.05) is 18.3 Å². The van der Waals surface area contributed by atoms with E-state index in [9.17, 15) is 0 Å². The molecule has 1 heterocycles. The van der Waals surface area contributed by atoms with Crippen LogP contribution in [0.1, 0.15) is 17.3 Å². The van der Waals surface area contributed by atoms with Crippen molar-refractivity contribution < 1.29 is 0 Å². The molecule has 2 aromatic rings. The van der Waals surface area contributed by atoms with E-state index in [-0.39, 0.29) is 6.04 Å². The highest BCUT2D eigenvalue weighted by Gasteiger charge is 2.12. The van der Waals surface area contributed by atoms with Gasteiger partial charge in [0.25, 0.3) is 0 Å². The molecule has 0 saturated carbocycles. The van der Waals surface area contributed by atoms with Crippen molar-refractivity contribution in [1.82, 2.24) is 10.4 Å². The maximum atomic E-state index is 6.00. The number of nitrogens with two attached hydrogens (primary N) is 1. The van der Waals surface area contributed by atoms with Gasteiger partial charge in [-0.15, -0.1) is 0 Å². The molecule has 5 heteroatoms. The zero-order valence-electron chi connectivity index (χ0n) is 9.61. The van der Waals surface area contributed by atoms with Crippen molar-refractivity contribution in [3.05, 3.63) is 63.9 Å². The minimum absolute atomic E-state index is 0.0466. The molecule has 0 saturated heterocycles. The van der Waals surface area contributed by atoms with Gasteiger partial charge in [-0.3, -0.25) is 16.3 Å². The van der Waals surface area contributed by atoms with Crippen molar-refractivity contribution in [2.45, 2.75) is 12.5 Å². The van der Waals surface area contributed by atoms with Crippen molar-refractivity contribution in [3.8, 4) is 0 Å². The molecular weight excluding hydrogens is 269 g/mol. The Bertz CT molecular complexity index is 517. The van der Waals surface area contributed by atoms with Crippen LogP contribution < -0.4 is 11.3 Å². The number of hydrogen-bond donors (Lipinski definition) is 2. The Labute approximate surface area is 116 Å². The molecule has 1 aromatic heterocycles. The molecule has 0 spiro atoms. The van der Waals surface area contributed by atoms with Crippen LogP contribution in [0.3, 0.4) is 0 Å². The molecule has 94 valence electrons. The normalized spacial score (nSPS) is 12.4. The molecule has 0 amide bonds. The number of benzene rings is 1. The lowest BCUT2D eigenvalue weighted by Crippen LogP contribution is -2.29. The van der Waals surface area contributed by atoms with E-state index < -0.39 is 0 Å². The van der Waals surface area contributed by atoms with E-state index in [0.717, 1.165) is 11.3 Å². The summed E-state index contributed by atoms with van der Waals surface area (Å²) < 4.78 is 0. The highest BCUT2D eigenvalue weighted by Crippen LogP contribution is 2.26. The lowest BCUT2D eigenvalue weighted by Gasteiger charge is -2.16. The minimum Gasteiger partial charge on any atom is -0.271 e. The smallest absolute Gasteiger partial charge is 0.0595 e. The van der Waals surface area contributed by atoms with Crippen molar-refractivity contribution >= 4 is 23.2 Å². The SMILES string of the molecule is NNC(Cc1ccccn1)c1ccc(Cl)c(Cl)c1. The third kappa shape index (κ3) is 3.21. The summed E-state index contributed by atoms with van der Waals surface area (Å²) in [6.07, 6.45) is 2.45. The number of hydrazine groups is 1. The first kappa shape index (κ1) is 13.3. The van der Waals surface area contributed by atoms with E-state index in [1.807, 2.05) is 30.3 Å². The van der Waals surface area contributed by atoms with Crippen LogP contribution >= 0.6 is 23.2 Å². The number of pyridine rings is 1. The summed E-state index contributed by atoms with van der Waals surface area (Å²) in [6.45, 7) is 0. The molecule has 3 nitrogen and oxygen atoms in total. The minimum atomic E-state index is -0.0466. The van der Waals surface area contributed by atoms with Gasteiger partial charge in [-0.25, -0.2) is 0 Å². The average molecular weight is 282 g/mol. The molecule has 0 bridgehead atoms. The first-order chi connectivity index (χ1) is 8.70. The zero-order chi connectivity index (χ0) is 13.0. The number of hydrogen-bond acceptors (Lipinski definition) is 3. The molecule has 2 rings (SSSR count). The summed E-state index contributed by atoms with van der Waals surface area (Å²) in [4.78, 5) is 4.28. The fourth-order valence-corrected chi connectivity index (χ4v) is 2.04. The summed E-state index contributed by atoms with van der Waals surface area (Å²) >= 11 is 11.9. The maximum Gasteiger partial charge on any atom is 0.0595 e. The lowest BCUT2D eigenvalue weighted by atomic mass is 10.0. The van der Waals surface area contributed by atoms with E-state index in [4.69, 9.17) is 29.0 Å². The number of rotatable bonds is 4. The van der Waals surface area contributed by atoms with Crippen molar-refractivity contribution in [2.75, 3.05) is 0 Å². The van der Waals surface area contributed by atoms with E-state index in [0.29, 0.717) is 16.5 Å². The maximum absolute atomic E-state index is 6.00. The molecule has 1 unspecified atom stereocenters. The fourth-order valence-electron chi connectivity index (χ4n) is 1.73. The third-order valence-corrected chi connectivity index (χ3v) is 3.43. The van der Waals surface area contributed by atoms with Crippen molar-refractivity contribution in [3.63, 3.8) is 0 Å². The number of nitrogens with zero attached hydrogens (tertiary/aromatic N) is 1. The van der Waals surface area contributed by atoms with Crippen LogP contribution in [-0.2, 0) is 6.42 Å². The molecule has 0 fully saturated rings. The lowest BCUT2D eigenvalue weighted by molar-refractivity contribution is 0.546. The average Bonchev–Trinajstić information content (AvgIpc) is 2.40. The van der Waals surface area contributed by atoms with Gasteiger partial charge in [-0.05, 0) is 29.8 Å². The molecule has 1 atom stereocenters. The molecule has 1 aromatic carbocycles. The quantitative estimate of drug-likeness (QED) is 0.669. The van der Waals surface area contributed by atoms with Crippen LogP contribution in [0, 0.1) is 0 Å². The Morgan fingerprint density at radius 2 is 2.00 bits per heavy atom. The molecule has 0 aliphatic carbocycles. The van der Waals surface area contributed by atoms with E-state index in [1.54, 1.807) is 12.3 Å². The highest BCUT2D eigenvalue weighted by atomic mass is 35.5.